The van der Waals surface area contributed by atoms with Crippen LogP contribution in [0.5, 0.6) is 0 Å². The fourth-order valence-corrected chi connectivity index (χ4v) is 4.43. The van der Waals surface area contributed by atoms with E-state index in [-0.39, 0.29) is 11.3 Å². The molecule has 2 nitrogen and oxygen atoms in total. The van der Waals surface area contributed by atoms with Crippen LogP contribution in [-0.4, -0.2) is 11.6 Å². The molecule has 1 fully saturated rings. The Hall–Kier alpha value is -1.70. The second-order valence-corrected chi connectivity index (χ2v) is 8.13. The third-order valence-electron chi connectivity index (χ3n) is 6.08. The number of rotatable bonds is 10. The van der Waals surface area contributed by atoms with Gasteiger partial charge in [-0.15, -0.1) is 6.58 Å². The fraction of sp³-hybridized carbons (Fsp3) is 0.583. The first-order valence-corrected chi connectivity index (χ1v) is 10.2. The van der Waals surface area contributed by atoms with Crippen molar-refractivity contribution in [3.8, 4) is 0 Å². The molecular formula is C24H34O2. The number of hydrogen-bond acceptors (Lipinski definition) is 2. The van der Waals surface area contributed by atoms with Crippen LogP contribution < -0.4 is 0 Å². The summed E-state index contributed by atoms with van der Waals surface area (Å²) >= 11 is 0. The average Bonchev–Trinajstić information content (AvgIpc) is 2.62. The van der Waals surface area contributed by atoms with E-state index < -0.39 is 0 Å². The second-order valence-electron chi connectivity index (χ2n) is 8.13. The largest absolute Gasteiger partial charge is 0.300 e. The molecule has 142 valence electrons. The Morgan fingerprint density at radius 1 is 1.19 bits per heavy atom. The first-order chi connectivity index (χ1) is 12.5. The van der Waals surface area contributed by atoms with Crippen LogP contribution in [0.1, 0.15) is 75.8 Å². The van der Waals surface area contributed by atoms with Crippen molar-refractivity contribution in [2.45, 2.75) is 78.1 Å². The third-order valence-corrected chi connectivity index (χ3v) is 6.08. The van der Waals surface area contributed by atoms with Crippen LogP contribution >= 0.6 is 0 Å². The molecule has 1 aliphatic rings. The van der Waals surface area contributed by atoms with Crippen molar-refractivity contribution < 1.29 is 9.59 Å². The van der Waals surface area contributed by atoms with Gasteiger partial charge in [-0.05, 0) is 68.4 Å². The van der Waals surface area contributed by atoms with Crippen LogP contribution in [0.25, 0.3) is 0 Å². The minimum Gasteiger partial charge on any atom is -0.300 e. The van der Waals surface area contributed by atoms with Crippen LogP contribution in [-0.2, 0) is 16.0 Å². The number of hydrogen-bond donors (Lipinski definition) is 0. The summed E-state index contributed by atoms with van der Waals surface area (Å²) in [6, 6.07) is 8.30. The Balaban J connectivity index is 1.91. The maximum Gasteiger partial charge on any atom is 0.135 e. The first-order valence-electron chi connectivity index (χ1n) is 10.2. The van der Waals surface area contributed by atoms with E-state index in [4.69, 9.17) is 0 Å². The lowest BCUT2D eigenvalue weighted by atomic mass is 9.65. The minimum absolute atomic E-state index is 0.0353. The summed E-state index contributed by atoms with van der Waals surface area (Å²) in [7, 11) is 0. The summed E-state index contributed by atoms with van der Waals surface area (Å²) in [5, 5.41) is 0. The molecule has 0 heterocycles. The fourth-order valence-electron chi connectivity index (χ4n) is 4.43. The molecular weight excluding hydrogens is 320 g/mol. The number of allylic oxidation sites excluding steroid dienone is 1. The zero-order chi connectivity index (χ0) is 19.0. The van der Waals surface area contributed by atoms with E-state index in [9.17, 15) is 9.59 Å². The predicted molar refractivity (Wildman–Crippen MR) is 108 cm³/mol. The Kier molecular flexibility index (Phi) is 7.81. The van der Waals surface area contributed by atoms with Crippen LogP contribution in [0, 0.1) is 18.3 Å². The molecule has 0 N–H and O–H groups in total. The summed E-state index contributed by atoms with van der Waals surface area (Å²) in [5.41, 5.74) is 2.57. The van der Waals surface area contributed by atoms with Crippen molar-refractivity contribution in [1.82, 2.24) is 0 Å². The lowest BCUT2D eigenvalue weighted by Crippen LogP contribution is -2.32. The Labute approximate surface area is 159 Å². The van der Waals surface area contributed by atoms with E-state index in [0.29, 0.717) is 30.8 Å². The number of Topliss-reactive ketones (excluding diaryl/α,β-unsaturated/α-hetero) is 2. The van der Waals surface area contributed by atoms with Crippen LogP contribution in [0.4, 0.5) is 0 Å². The molecule has 0 aliphatic heterocycles. The summed E-state index contributed by atoms with van der Waals surface area (Å²) in [5.74, 6) is 0.994. The maximum atomic E-state index is 12.7. The monoisotopic (exact) mass is 354 g/mol. The number of ketones is 2. The first kappa shape index (κ1) is 20.6. The highest BCUT2D eigenvalue weighted by atomic mass is 16.1. The zero-order valence-electron chi connectivity index (χ0n) is 16.6. The molecule has 0 bridgehead atoms. The molecule has 0 atom stereocenters. The van der Waals surface area contributed by atoms with E-state index in [0.717, 1.165) is 44.9 Å². The lowest BCUT2D eigenvalue weighted by Gasteiger charge is -2.39. The lowest BCUT2D eigenvalue weighted by molar-refractivity contribution is -0.125. The van der Waals surface area contributed by atoms with Gasteiger partial charge in [0.2, 0.25) is 0 Å². The SMILES string of the molecule is C=CCC1(CC(=O)CCc2ccccc2C)CCC(C(=O)CCC)CC1. The van der Waals surface area contributed by atoms with Crippen molar-refractivity contribution in [2.75, 3.05) is 0 Å². The van der Waals surface area contributed by atoms with Gasteiger partial charge in [-0.25, -0.2) is 0 Å². The van der Waals surface area contributed by atoms with Gasteiger partial charge in [0.05, 0.1) is 0 Å². The quantitative estimate of drug-likeness (QED) is 0.482. The van der Waals surface area contributed by atoms with Gasteiger partial charge in [-0.2, -0.15) is 0 Å². The molecule has 0 spiro atoms. The van der Waals surface area contributed by atoms with Crippen LogP contribution in [0.3, 0.4) is 0 Å². The molecule has 0 amide bonds. The molecule has 1 aliphatic carbocycles. The van der Waals surface area contributed by atoms with Gasteiger partial charge in [0.15, 0.2) is 0 Å². The summed E-state index contributed by atoms with van der Waals surface area (Å²) in [4.78, 5) is 24.9. The Morgan fingerprint density at radius 3 is 2.50 bits per heavy atom. The van der Waals surface area contributed by atoms with Gasteiger partial charge < -0.3 is 0 Å². The maximum absolute atomic E-state index is 12.7. The molecule has 1 aromatic carbocycles. The molecule has 1 aromatic rings. The van der Waals surface area contributed by atoms with Gasteiger partial charge in [0, 0.05) is 25.2 Å². The van der Waals surface area contributed by atoms with E-state index in [1.165, 1.54) is 11.1 Å². The number of aryl methyl sites for hydroxylation is 2. The van der Waals surface area contributed by atoms with Gasteiger partial charge >= 0.3 is 0 Å². The summed E-state index contributed by atoms with van der Waals surface area (Å²) < 4.78 is 0. The number of benzene rings is 1. The molecule has 26 heavy (non-hydrogen) atoms. The van der Waals surface area contributed by atoms with Gasteiger partial charge in [-0.1, -0.05) is 37.3 Å². The molecule has 2 rings (SSSR count). The highest BCUT2D eigenvalue weighted by Gasteiger charge is 2.37. The summed E-state index contributed by atoms with van der Waals surface area (Å²) in [6.07, 6.45) is 10.4. The normalized spacial score (nSPS) is 22.8. The number of carbonyl (C=O) groups is 2. The van der Waals surface area contributed by atoms with Crippen molar-refractivity contribution in [3.05, 3.63) is 48.0 Å². The third kappa shape index (κ3) is 5.65. The van der Waals surface area contributed by atoms with Gasteiger partial charge in [0.1, 0.15) is 11.6 Å². The van der Waals surface area contributed by atoms with E-state index in [1.54, 1.807) is 0 Å². The van der Waals surface area contributed by atoms with E-state index >= 15 is 0 Å². The van der Waals surface area contributed by atoms with Crippen molar-refractivity contribution in [2.24, 2.45) is 11.3 Å². The van der Waals surface area contributed by atoms with Crippen LogP contribution in [0.15, 0.2) is 36.9 Å². The zero-order valence-corrected chi connectivity index (χ0v) is 16.6. The van der Waals surface area contributed by atoms with Crippen LogP contribution in [0.2, 0.25) is 0 Å². The number of carbonyl (C=O) groups excluding carboxylic acids is 2. The van der Waals surface area contributed by atoms with E-state index in [2.05, 4.69) is 32.6 Å². The van der Waals surface area contributed by atoms with Crippen molar-refractivity contribution in [1.29, 1.82) is 0 Å². The Morgan fingerprint density at radius 2 is 1.88 bits per heavy atom. The van der Waals surface area contributed by atoms with Gasteiger partial charge in [-0.3, -0.25) is 9.59 Å². The molecule has 0 aromatic heterocycles. The predicted octanol–water partition coefficient (Wildman–Crippen LogP) is 6.01. The standard InChI is InChI=1S/C24H34O2/c1-4-8-23(26)21-13-16-24(15-5-2,17-14-21)18-22(25)12-11-20-10-7-6-9-19(20)3/h5-7,9-10,21H,2,4,8,11-18H2,1,3H3. The molecule has 0 saturated heterocycles. The molecule has 1 saturated carbocycles. The van der Waals surface area contributed by atoms with Crippen molar-refractivity contribution in [3.63, 3.8) is 0 Å². The molecule has 0 unspecified atom stereocenters. The summed E-state index contributed by atoms with van der Waals surface area (Å²) in [6.45, 7) is 8.09. The second kappa shape index (κ2) is 9.85. The van der Waals surface area contributed by atoms with E-state index in [1.807, 2.05) is 18.2 Å². The smallest absolute Gasteiger partial charge is 0.135 e. The topological polar surface area (TPSA) is 34.1 Å². The minimum atomic E-state index is 0.0353. The molecule has 2 heteroatoms. The molecule has 0 radical (unpaired) electrons. The highest BCUT2D eigenvalue weighted by Crippen LogP contribution is 2.45. The average molecular weight is 355 g/mol. The Bertz CT molecular complexity index is 621. The van der Waals surface area contributed by atoms with Gasteiger partial charge in [0.25, 0.3) is 0 Å². The highest BCUT2D eigenvalue weighted by molar-refractivity contribution is 5.81. The van der Waals surface area contributed by atoms with Crippen molar-refractivity contribution >= 4 is 11.6 Å².